The Morgan fingerprint density at radius 2 is 0.512 bits per heavy atom. The Balaban J connectivity index is 4.16. The molecular weight excluding hydrogens is 985 g/mol. The van der Waals surface area contributed by atoms with Crippen LogP contribution in [0.25, 0.3) is 0 Å². The maximum Gasteiger partial charge on any atom is 0.306 e. The molecule has 0 saturated heterocycles. The third-order valence-corrected chi connectivity index (χ3v) is 14.5. The van der Waals surface area contributed by atoms with Crippen molar-refractivity contribution < 1.29 is 28.6 Å². The summed E-state index contributed by atoms with van der Waals surface area (Å²) in [7, 11) is 0. The molecule has 6 nitrogen and oxygen atoms in total. The molecule has 80 heavy (non-hydrogen) atoms. The summed E-state index contributed by atoms with van der Waals surface area (Å²) in [6.45, 7) is 6.45. The van der Waals surface area contributed by atoms with Crippen molar-refractivity contribution in [3.63, 3.8) is 0 Å². The first-order valence-electron chi connectivity index (χ1n) is 33.9. The number of rotatable bonds is 61. The van der Waals surface area contributed by atoms with Crippen molar-refractivity contribution in [2.45, 2.75) is 329 Å². The van der Waals surface area contributed by atoms with E-state index >= 15 is 0 Å². The molecule has 0 bridgehead atoms. The molecule has 1 atom stereocenters. The van der Waals surface area contributed by atoms with Crippen molar-refractivity contribution in [3.05, 3.63) is 109 Å². The largest absolute Gasteiger partial charge is 0.462 e. The van der Waals surface area contributed by atoms with Crippen molar-refractivity contribution in [2.24, 2.45) is 0 Å². The quantitative estimate of drug-likeness (QED) is 0.0261. The predicted octanol–water partition coefficient (Wildman–Crippen LogP) is 23.4. The zero-order valence-corrected chi connectivity index (χ0v) is 52.6. The number of hydrogen-bond acceptors (Lipinski definition) is 6. The van der Waals surface area contributed by atoms with Crippen molar-refractivity contribution in [2.75, 3.05) is 13.2 Å². The molecule has 1 unspecified atom stereocenters. The van der Waals surface area contributed by atoms with Crippen LogP contribution in [0.5, 0.6) is 0 Å². The molecular formula is C74H126O6. The van der Waals surface area contributed by atoms with Crippen LogP contribution in [0, 0.1) is 0 Å². The zero-order valence-electron chi connectivity index (χ0n) is 52.6. The topological polar surface area (TPSA) is 78.9 Å². The highest BCUT2D eigenvalue weighted by molar-refractivity contribution is 5.71. The van der Waals surface area contributed by atoms with E-state index in [0.29, 0.717) is 19.3 Å². The van der Waals surface area contributed by atoms with Crippen LogP contribution in [0.4, 0.5) is 0 Å². The lowest BCUT2D eigenvalue weighted by Gasteiger charge is -2.18. The van der Waals surface area contributed by atoms with Gasteiger partial charge >= 0.3 is 17.9 Å². The second-order valence-corrected chi connectivity index (χ2v) is 22.3. The highest BCUT2D eigenvalue weighted by atomic mass is 16.6. The molecule has 0 aliphatic carbocycles. The number of unbranched alkanes of at least 4 members (excludes halogenated alkanes) is 32. The average molecular weight is 1110 g/mol. The van der Waals surface area contributed by atoms with Crippen molar-refractivity contribution in [1.82, 2.24) is 0 Å². The van der Waals surface area contributed by atoms with E-state index < -0.39 is 6.10 Å². The van der Waals surface area contributed by atoms with Gasteiger partial charge < -0.3 is 14.2 Å². The van der Waals surface area contributed by atoms with Crippen LogP contribution in [-0.4, -0.2) is 37.2 Å². The summed E-state index contributed by atoms with van der Waals surface area (Å²) in [6.07, 6.45) is 92.6. The van der Waals surface area contributed by atoms with Crippen molar-refractivity contribution in [1.29, 1.82) is 0 Å². The minimum absolute atomic E-state index is 0.0809. The summed E-state index contributed by atoms with van der Waals surface area (Å²) < 4.78 is 16.9. The Kier molecular flexibility index (Phi) is 64.3. The van der Waals surface area contributed by atoms with Gasteiger partial charge in [0.05, 0.1) is 0 Å². The summed E-state index contributed by atoms with van der Waals surface area (Å²) in [4.78, 5) is 38.3. The standard InChI is InChI=1S/C74H126O6/c1-4-7-10-13-16-19-22-24-26-28-30-31-32-33-34-35-36-37-38-39-40-41-42-43-45-46-48-50-52-55-58-61-64-67-73(76)79-70-71(69-78-72(75)66-63-60-57-54-21-18-15-12-9-6-3)80-74(77)68-65-62-59-56-53-51-49-47-44-29-27-25-23-20-17-14-11-8-5-2/h7,10,12,15-17,19-20,24-27,30-31,33-34,36-37,71H,4-6,8-9,11,13-14,18,21-23,28-29,32,35,38-70H2,1-3H3/b10-7-,15-12-,19-16-,20-17-,26-24-,27-25-,31-30-,34-33-,37-36-. The van der Waals surface area contributed by atoms with Crippen LogP contribution in [0.1, 0.15) is 323 Å². The fourth-order valence-corrected chi connectivity index (χ4v) is 9.42. The Hall–Kier alpha value is -3.93. The SMILES string of the molecule is CC/C=C\C/C=C\C/C=C\C/C=C\C/C=C\C/C=C\CCCCCCCCCCCCCCCCC(=O)OCC(COC(=O)CCCCCCC/C=C\CCC)OC(=O)CCCCCCCCCCC/C=C\C/C=C\CCCCC. The van der Waals surface area contributed by atoms with Crippen LogP contribution < -0.4 is 0 Å². The smallest absolute Gasteiger partial charge is 0.306 e. The van der Waals surface area contributed by atoms with E-state index in [1.54, 1.807) is 0 Å². The van der Waals surface area contributed by atoms with Crippen molar-refractivity contribution >= 4 is 17.9 Å². The Bertz CT molecular complexity index is 1610. The van der Waals surface area contributed by atoms with E-state index in [2.05, 4.69) is 130 Å². The second-order valence-electron chi connectivity index (χ2n) is 22.3. The van der Waals surface area contributed by atoms with E-state index in [0.717, 1.165) is 116 Å². The number of ether oxygens (including phenoxy) is 3. The molecule has 0 fully saturated rings. The van der Waals surface area contributed by atoms with E-state index in [1.807, 2.05) is 0 Å². The molecule has 0 aromatic carbocycles. The Morgan fingerprint density at radius 1 is 0.263 bits per heavy atom. The third-order valence-electron chi connectivity index (χ3n) is 14.5. The van der Waals surface area contributed by atoms with Gasteiger partial charge in [0, 0.05) is 19.3 Å². The molecule has 0 aromatic heterocycles. The molecule has 0 heterocycles. The van der Waals surface area contributed by atoms with Crippen LogP contribution in [0.15, 0.2) is 109 Å². The molecule has 458 valence electrons. The molecule has 0 aromatic rings. The first-order valence-corrected chi connectivity index (χ1v) is 33.9. The van der Waals surface area contributed by atoms with Crippen LogP contribution in [0.2, 0.25) is 0 Å². The van der Waals surface area contributed by atoms with Gasteiger partial charge in [0.1, 0.15) is 13.2 Å². The van der Waals surface area contributed by atoms with Gasteiger partial charge in [0.25, 0.3) is 0 Å². The van der Waals surface area contributed by atoms with Gasteiger partial charge in [-0.3, -0.25) is 14.4 Å². The molecule has 0 aliphatic heterocycles. The summed E-state index contributed by atoms with van der Waals surface area (Å²) >= 11 is 0. The molecule has 0 amide bonds. The first-order chi connectivity index (χ1) is 39.5. The van der Waals surface area contributed by atoms with Gasteiger partial charge in [0.15, 0.2) is 6.10 Å². The first kappa shape index (κ1) is 76.1. The molecule has 0 saturated carbocycles. The fraction of sp³-hybridized carbons (Fsp3) is 0.716. The van der Waals surface area contributed by atoms with E-state index in [9.17, 15) is 14.4 Å². The average Bonchev–Trinajstić information content (AvgIpc) is 3.46. The summed E-state index contributed by atoms with van der Waals surface area (Å²) in [5, 5.41) is 0. The van der Waals surface area contributed by atoms with E-state index in [1.165, 1.54) is 167 Å². The Morgan fingerprint density at radius 3 is 0.825 bits per heavy atom. The molecule has 0 aliphatic rings. The monoisotopic (exact) mass is 1110 g/mol. The van der Waals surface area contributed by atoms with E-state index in [4.69, 9.17) is 14.2 Å². The van der Waals surface area contributed by atoms with Crippen LogP contribution in [-0.2, 0) is 28.6 Å². The summed E-state index contributed by atoms with van der Waals surface area (Å²) in [5.74, 6) is -0.887. The predicted molar refractivity (Wildman–Crippen MR) is 348 cm³/mol. The summed E-state index contributed by atoms with van der Waals surface area (Å²) in [6, 6.07) is 0. The van der Waals surface area contributed by atoms with Gasteiger partial charge in [0.2, 0.25) is 0 Å². The van der Waals surface area contributed by atoms with Crippen LogP contribution in [0.3, 0.4) is 0 Å². The fourth-order valence-electron chi connectivity index (χ4n) is 9.42. The van der Waals surface area contributed by atoms with Gasteiger partial charge in [-0.1, -0.05) is 291 Å². The van der Waals surface area contributed by atoms with Gasteiger partial charge in [-0.05, 0) is 122 Å². The molecule has 0 spiro atoms. The number of esters is 3. The van der Waals surface area contributed by atoms with Gasteiger partial charge in [-0.25, -0.2) is 0 Å². The molecule has 6 heteroatoms. The lowest BCUT2D eigenvalue weighted by atomic mass is 10.0. The van der Waals surface area contributed by atoms with E-state index in [-0.39, 0.29) is 31.1 Å². The second kappa shape index (κ2) is 67.6. The minimum Gasteiger partial charge on any atom is -0.462 e. The van der Waals surface area contributed by atoms with Crippen LogP contribution >= 0.6 is 0 Å². The van der Waals surface area contributed by atoms with Crippen molar-refractivity contribution in [3.8, 4) is 0 Å². The lowest BCUT2D eigenvalue weighted by Crippen LogP contribution is -2.30. The third kappa shape index (κ3) is 64.9. The number of allylic oxidation sites excluding steroid dienone is 18. The van der Waals surface area contributed by atoms with Gasteiger partial charge in [-0.2, -0.15) is 0 Å². The normalized spacial score (nSPS) is 12.8. The maximum atomic E-state index is 12.9. The molecule has 0 N–H and O–H groups in total. The maximum absolute atomic E-state index is 12.9. The minimum atomic E-state index is -0.784. The number of hydrogen-bond donors (Lipinski definition) is 0. The van der Waals surface area contributed by atoms with Gasteiger partial charge in [-0.15, -0.1) is 0 Å². The zero-order chi connectivity index (χ0) is 57.8. The lowest BCUT2D eigenvalue weighted by molar-refractivity contribution is -0.167. The summed E-state index contributed by atoms with van der Waals surface area (Å²) in [5.41, 5.74) is 0. The number of carbonyl (C=O) groups is 3. The Labute approximate surface area is 495 Å². The highest BCUT2D eigenvalue weighted by Crippen LogP contribution is 2.17. The highest BCUT2D eigenvalue weighted by Gasteiger charge is 2.19. The molecule has 0 rings (SSSR count). The molecule has 0 radical (unpaired) electrons. The number of carbonyl (C=O) groups excluding carboxylic acids is 3.